The molecule has 2 aliphatic rings. The third-order valence-corrected chi connectivity index (χ3v) is 23.2. The second-order valence-electron chi connectivity index (χ2n) is 19.2. The zero-order valence-corrected chi connectivity index (χ0v) is 39.3. The monoisotopic (exact) mass is 898 g/mol. The van der Waals surface area contributed by atoms with Gasteiger partial charge in [0.1, 0.15) is 0 Å². The van der Waals surface area contributed by atoms with Crippen molar-refractivity contribution in [3.8, 4) is 11.1 Å². The fourth-order valence-electron chi connectivity index (χ4n) is 8.39. The molecule has 4 aromatic rings. The Balaban J connectivity index is 0.00000302. The summed E-state index contributed by atoms with van der Waals surface area (Å²) in [7, 11) is 0. The van der Waals surface area contributed by atoms with Gasteiger partial charge in [0.15, 0.2) is 0 Å². The van der Waals surface area contributed by atoms with Crippen molar-refractivity contribution in [3.63, 3.8) is 0 Å². The van der Waals surface area contributed by atoms with E-state index < -0.39 is 21.0 Å². The van der Waals surface area contributed by atoms with Crippen molar-refractivity contribution in [2.75, 3.05) is 0 Å². The fourth-order valence-corrected chi connectivity index (χ4v) is 21.5. The SMILES string of the molecule is Cc1cc2c(cc1C(C)(C)C)-c1cc(C(C)(C)C)c(C)cc1[CH]2[Hf+2]([C]1=CC=CC1)=[C](c1ccc(C(C)(C)C)cc1)c1ccc(C(C)(C)C)cc1.[Cl-].[Cl-]. The minimum absolute atomic E-state index is 0. The molecule has 6 rings (SSSR count). The number of rotatable bonds is 4. The predicted molar refractivity (Wildman–Crippen MR) is 216 cm³/mol. The molecule has 0 fully saturated rings. The third-order valence-electron chi connectivity index (χ3n) is 11.1. The van der Waals surface area contributed by atoms with E-state index in [9.17, 15) is 0 Å². The Morgan fingerprint density at radius 1 is 0.538 bits per heavy atom. The molecule has 4 aromatic carbocycles. The molecule has 3 heteroatoms. The minimum Gasteiger partial charge on any atom is -1.00 e. The van der Waals surface area contributed by atoms with Crippen molar-refractivity contribution in [2.24, 2.45) is 0 Å². The Morgan fingerprint density at radius 3 is 1.23 bits per heavy atom. The number of hydrogen-bond donors (Lipinski definition) is 0. The Kier molecular flexibility index (Phi) is 12.3. The average Bonchev–Trinajstić information content (AvgIpc) is 3.64. The summed E-state index contributed by atoms with van der Waals surface area (Å²) in [5.41, 5.74) is 17.9. The van der Waals surface area contributed by atoms with Gasteiger partial charge in [0.05, 0.1) is 0 Å². The number of hydrogen-bond acceptors (Lipinski definition) is 0. The first-order valence-corrected chi connectivity index (χ1v) is 24.5. The second kappa shape index (κ2) is 15.1. The van der Waals surface area contributed by atoms with Gasteiger partial charge in [0.25, 0.3) is 0 Å². The minimum atomic E-state index is -3.06. The summed E-state index contributed by atoms with van der Waals surface area (Å²) >= 11 is -3.06. The van der Waals surface area contributed by atoms with Gasteiger partial charge in [-0.15, -0.1) is 0 Å². The van der Waals surface area contributed by atoms with Gasteiger partial charge in [-0.05, 0) is 0 Å². The van der Waals surface area contributed by atoms with Gasteiger partial charge < -0.3 is 24.8 Å². The maximum absolute atomic E-state index is 3.06. The first kappa shape index (κ1) is 42.4. The molecule has 0 atom stereocenters. The van der Waals surface area contributed by atoms with Crippen LogP contribution in [-0.2, 0) is 42.6 Å². The fraction of sp³-hybridized carbons (Fsp3) is 0.408. The van der Waals surface area contributed by atoms with Crippen LogP contribution in [0.3, 0.4) is 0 Å². The van der Waals surface area contributed by atoms with Crippen LogP contribution in [0, 0.1) is 13.8 Å². The zero-order chi connectivity index (χ0) is 36.6. The van der Waals surface area contributed by atoms with E-state index >= 15 is 0 Å². The van der Waals surface area contributed by atoms with E-state index in [2.05, 4.69) is 188 Å². The maximum atomic E-state index is 2.61. The van der Waals surface area contributed by atoms with E-state index in [1.165, 1.54) is 55.6 Å². The van der Waals surface area contributed by atoms with Crippen molar-refractivity contribution in [2.45, 2.75) is 129 Å². The first-order valence-electron chi connectivity index (χ1n) is 18.8. The van der Waals surface area contributed by atoms with Crippen LogP contribution in [0.25, 0.3) is 11.1 Å². The molecule has 0 bridgehead atoms. The largest absolute Gasteiger partial charge is 1.00 e. The van der Waals surface area contributed by atoms with Crippen LogP contribution >= 0.6 is 0 Å². The normalized spacial score (nSPS) is 14.1. The molecule has 0 aliphatic heterocycles. The van der Waals surface area contributed by atoms with Crippen molar-refractivity contribution in [1.82, 2.24) is 0 Å². The number of fused-ring (bicyclic) bond motifs is 3. The van der Waals surface area contributed by atoms with Crippen molar-refractivity contribution >= 4 is 3.26 Å². The molecular weight excluding hydrogens is 838 g/mol. The molecule has 0 heterocycles. The van der Waals surface area contributed by atoms with E-state index in [0.29, 0.717) is 3.67 Å². The van der Waals surface area contributed by atoms with Crippen LogP contribution in [0.4, 0.5) is 0 Å². The molecule has 274 valence electrons. The average molecular weight is 898 g/mol. The van der Waals surface area contributed by atoms with E-state index in [1.54, 1.807) is 17.7 Å². The molecule has 0 saturated carbocycles. The standard InChI is InChI=1S/C23H29.C21H26.C5H5.2ClH.Hf/c1-14-9-16-11-17-10-15(2)21(23(6,7)8)13-19(17)18(16)12-20(14)22(3,4)5;1-20(2,3)18-11-7-16(8-12-18)15-17-9-13-19(14-10-17)21(4,5)6;1-2-4-5-3-1;;;/h9-13H,1-8H3;7-14H,1-6H3;1-3H,4H2;2*1H;/q;;;;;+2/p-2. The summed E-state index contributed by atoms with van der Waals surface area (Å²) in [4.78, 5) is 0. The van der Waals surface area contributed by atoms with Gasteiger partial charge >= 0.3 is 314 Å². The third kappa shape index (κ3) is 8.18. The Labute approximate surface area is 336 Å². The predicted octanol–water partition coefficient (Wildman–Crippen LogP) is 7.30. The van der Waals surface area contributed by atoms with Crippen LogP contribution in [0.5, 0.6) is 0 Å². The molecule has 2 aliphatic carbocycles. The summed E-state index contributed by atoms with van der Waals surface area (Å²) in [6.45, 7) is 32.9. The van der Waals surface area contributed by atoms with Crippen molar-refractivity contribution in [1.29, 1.82) is 0 Å². The Bertz CT molecular complexity index is 1910. The number of aryl methyl sites for hydroxylation is 2. The smallest absolute Gasteiger partial charge is 1.00 e. The van der Waals surface area contributed by atoms with E-state index in [0.717, 1.165) is 6.42 Å². The molecular formula is C49H60Cl2Hf. The summed E-state index contributed by atoms with van der Waals surface area (Å²) in [5.74, 6) is 0. The second-order valence-corrected chi connectivity index (χ2v) is 28.4. The molecule has 0 nitrogen and oxygen atoms in total. The molecule has 0 unspecified atom stereocenters. The van der Waals surface area contributed by atoms with Crippen LogP contribution < -0.4 is 24.8 Å². The van der Waals surface area contributed by atoms with Gasteiger partial charge in [0, 0.05) is 0 Å². The molecule has 0 radical (unpaired) electrons. The van der Waals surface area contributed by atoms with Gasteiger partial charge in [-0.2, -0.15) is 0 Å². The van der Waals surface area contributed by atoms with E-state index in [4.69, 9.17) is 0 Å². The van der Waals surface area contributed by atoms with Gasteiger partial charge in [-0.3, -0.25) is 0 Å². The van der Waals surface area contributed by atoms with Crippen LogP contribution in [0.15, 0.2) is 94.4 Å². The summed E-state index contributed by atoms with van der Waals surface area (Å²) in [6.07, 6.45) is 8.33. The molecule has 0 saturated heterocycles. The summed E-state index contributed by atoms with van der Waals surface area (Å²) < 4.78 is 3.77. The van der Waals surface area contributed by atoms with Gasteiger partial charge in [-0.1, -0.05) is 0 Å². The van der Waals surface area contributed by atoms with Gasteiger partial charge in [-0.25, -0.2) is 0 Å². The van der Waals surface area contributed by atoms with Crippen LogP contribution in [0.1, 0.15) is 149 Å². The van der Waals surface area contributed by atoms with Gasteiger partial charge in [0.2, 0.25) is 0 Å². The quantitative estimate of drug-likeness (QED) is 0.189. The molecule has 0 N–H and O–H groups in total. The van der Waals surface area contributed by atoms with E-state index in [1.807, 2.05) is 0 Å². The van der Waals surface area contributed by atoms with Crippen LogP contribution in [0.2, 0.25) is 0 Å². The number of allylic oxidation sites excluding steroid dienone is 4. The zero-order valence-electron chi connectivity index (χ0n) is 34.2. The number of halogens is 2. The van der Waals surface area contributed by atoms with Crippen molar-refractivity contribution in [3.05, 3.63) is 150 Å². The Hall–Kier alpha value is -2.32. The Morgan fingerprint density at radius 2 is 0.923 bits per heavy atom. The molecule has 0 amide bonds. The maximum Gasteiger partial charge on any atom is -1.00 e. The molecule has 0 spiro atoms. The first-order chi connectivity index (χ1) is 23.2. The topological polar surface area (TPSA) is 0 Å². The van der Waals surface area contributed by atoms with Crippen molar-refractivity contribution < 1.29 is 45.8 Å². The van der Waals surface area contributed by atoms with Crippen LogP contribution in [-0.4, -0.2) is 3.26 Å². The molecule has 52 heavy (non-hydrogen) atoms. The summed E-state index contributed by atoms with van der Waals surface area (Å²) in [5, 5.41) is 0. The summed E-state index contributed by atoms with van der Waals surface area (Å²) in [6, 6.07) is 29.8. The van der Waals surface area contributed by atoms with E-state index in [-0.39, 0.29) is 46.5 Å². The molecule has 0 aromatic heterocycles. The number of benzene rings is 4.